The van der Waals surface area contributed by atoms with Crippen molar-refractivity contribution >= 4 is 5.97 Å². The maximum Gasteiger partial charge on any atom is 0.308 e. The van der Waals surface area contributed by atoms with Gasteiger partial charge in [0.1, 0.15) is 12.6 Å². The lowest BCUT2D eigenvalue weighted by Crippen LogP contribution is -2.44. The Hall–Kier alpha value is -1.86. The second-order valence-corrected chi connectivity index (χ2v) is 5.43. The van der Waals surface area contributed by atoms with Crippen molar-refractivity contribution in [1.82, 2.24) is 5.32 Å². The SMILES string of the molecule is CC(C)(C)NC(C#N)CC(=O)OCc1ccccc1. The van der Waals surface area contributed by atoms with Gasteiger partial charge in [-0.2, -0.15) is 5.26 Å². The van der Waals surface area contributed by atoms with E-state index in [-0.39, 0.29) is 24.5 Å². The Labute approximate surface area is 114 Å². The maximum atomic E-state index is 11.7. The van der Waals surface area contributed by atoms with Crippen molar-refractivity contribution in [3.8, 4) is 6.07 Å². The summed E-state index contributed by atoms with van der Waals surface area (Å²) in [4.78, 5) is 11.7. The normalized spacial score (nSPS) is 12.5. The third kappa shape index (κ3) is 6.58. The molecule has 0 heterocycles. The summed E-state index contributed by atoms with van der Waals surface area (Å²) in [6, 6.07) is 11.0. The van der Waals surface area contributed by atoms with Gasteiger partial charge in [0.25, 0.3) is 0 Å². The van der Waals surface area contributed by atoms with Crippen LogP contribution >= 0.6 is 0 Å². The highest BCUT2D eigenvalue weighted by molar-refractivity contribution is 5.70. The van der Waals surface area contributed by atoms with Crippen molar-refractivity contribution in [2.24, 2.45) is 0 Å². The lowest BCUT2D eigenvalue weighted by Gasteiger charge is -2.23. The third-order valence-corrected chi connectivity index (χ3v) is 2.38. The van der Waals surface area contributed by atoms with Gasteiger partial charge in [-0.3, -0.25) is 10.1 Å². The van der Waals surface area contributed by atoms with Gasteiger partial charge < -0.3 is 4.74 Å². The van der Waals surface area contributed by atoms with E-state index >= 15 is 0 Å². The van der Waals surface area contributed by atoms with Crippen LogP contribution in [0.1, 0.15) is 32.8 Å². The number of carbonyl (C=O) groups excluding carboxylic acids is 1. The van der Waals surface area contributed by atoms with E-state index < -0.39 is 6.04 Å². The fourth-order valence-electron chi connectivity index (χ4n) is 1.62. The molecule has 0 aromatic heterocycles. The van der Waals surface area contributed by atoms with Crippen LogP contribution in [-0.2, 0) is 16.1 Å². The van der Waals surface area contributed by atoms with E-state index in [9.17, 15) is 4.79 Å². The maximum absolute atomic E-state index is 11.7. The van der Waals surface area contributed by atoms with Crippen molar-refractivity contribution < 1.29 is 9.53 Å². The summed E-state index contributed by atoms with van der Waals surface area (Å²) in [5, 5.41) is 12.1. The van der Waals surface area contributed by atoms with Crippen molar-refractivity contribution in [2.75, 3.05) is 0 Å². The van der Waals surface area contributed by atoms with Crippen LogP contribution in [0.15, 0.2) is 30.3 Å². The number of esters is 1. The van der Waals surface area contributed by atoms with E-state index in [0.29, 0.717) is 0 Å². The van der Waals surface area contributed by atoms with Crippen LogP contribution in [0.3, 0.4) is 0 Å². The molecule has 0 bridgehead atoms. The zero-order valence-electron chi connectivity index (χ0n) is 11.6. The van der Waals surface area contributed by atoms with Gasteiger partial charge in [0.05, 0.1) is 12.5 Å². The van der Waals surface area contributed by atoms with Crippen LogP contribution in [-0.4, -0.2) is 17.6 Å². The highest BCUT2D eigenvalue weighted by Gasteiger charge is 2.20. The van der Waals surface area contributed by atoms with Gasteiger partial charge in [0, 0.05) is 5.54 Å². The molecule has 1 aromatic rings. The number of hydrogen-bond acceptors (Lipinski definition) is 4. The van der Waals surface area contributed by atoms with E-state index in [4.69, 9.17) is 10.00 Å². The molecule has 4 nitrogen and oxygen atoms in total. The van der Waals surface area contributed by atoms with E-state index in [1.807, 2.05) is 51.1 Å². The Morgan fingerprint density at radius 3 is 2.53 bits per heavy atom. The molecule has 102 valence electrons. The molecule has 0 spiro atoms. The minimum absolute atomic E-state index is 0.0562. The first-order valence-corrected chi connectivity index (χ1v) is 6.27. The van der Waals surface area contributed by atoms with Crippen LogP contribution in [0.4, 0.5) is 0 Å². The minimum atomic E-state index is -0.525. The van der Waals surface area contributed by atoms with E-state index in [2.05, 4.69) is 11.4 Å². The molecule has 1 N–H and O–H groups in total. The van der Waals surface area contributed by atoms with E-state index in [1.54, 1.807) is 0 Å². The van der Waals surface area contributed by atoms with Gasteiger partial charge in [-0.15, -0.1) is 0 Å². The number of nitriles is 1. The first-order chi connectivity index (χ1) is 8.90. The van der Waals surface area contributed by atoms with Gasteiger partial charge in [-0.05, 0) is 26.3 Å². The monoisotopic (exact) mass is 260 g/mol. The Bertz CT molecular complexity index is 443. The number of carbonyl (C=O) groups is 1. The van der Waals surface area contributed by atoms with Gasteiger partial charge >= 0.3 is 5.97 Å². The predicted molar refractivity (Wildman–Crippen MR) is 73.1 cm³/mol. The van der Waals surface area contributed by atoms with E-state index in [0.717, 1.165) is 5.56 Å². The van der Waals surface area contributed by atoms with Gasteiger partial charge in [0.2, 0.25) is 0 Å². The summed E-state index contributed by atoms with van der Waals surface area (Å²) in [5.74, 6) is -0.368. The molecule has 1 unspecified atom stereocenters. The average Bonchev–Trinajstić information content (AvgIpc) is 2.35. The number of rotatable bonds is 5. The summed E-state index contributed by atoms with van der Waals surface area (Å²) < 4.78 is 5.14. The molecule has 0 aliphatic heterocycles. The van der Waals surface area contributed by atoms with E-state index in [1.165, 1.54) is 0 Å². The molecule has 1 atom stereocenters. The number of benzene rings is 1. The molecule has 0 saturated heterocycles. The highest BCUT2D eigenvalue weighted by atomic mass is 16.5. The first-order valence-electron chi connectivity index (χ1n) is 6.27. The molecule has 4 heteroatoms. The number of ether oxygens (including phenoxy) is 1. The molecule has 0 aliphatic carbocycles. The Balaban J connectivity index is 2.40. The van der Waals surface area contributed by atoms with Crippen molar-refractivity contribution in [3.63, 3.8) is 0 Å². The zero-order chi connectivity index (χ0) is 14.3. The van der Waals surface area contributed by atoms with Crippen LogP contribution < -0.4 is 5.32 Å². The number of nitrogens with zero attached hydrogens (tertiary/aromatic N) is 1. The van der Waals surface area contributed by atoms with Gasteiger partial charge in [0.15, 0.2) is 0 Å². The van der Waals surface area contributed by atoms with Crippen molar-refractivity contribution in [3.05, 3.63) is 35.9 Å². The topological polar surface area (TPSA) is 62.1 Å². The average molecular weight is 260 g/mol. The molecular weight excluding hydrogens is 240 g/mol. The molecule has 0 saturated carbocycles. The second-order valence-electron chi connectivity index (χ2n) is 5.43. The fourth-order valence-corrected chi connectivity index (χ4v) is 1.62. The molecule has 0 amide bonds. The van der Waals surface area contributed by atoms with Crippen LogP contribution in [0.25, 0.3) is 0 Å². The summed E-state index contributed by atoms with van der Waals surface area (Å²) in [6.45, 7) is 6.10. The molecule has 0 fully saturated rings. The van der Waals surface area contributed by atoms with Crippen molar-refractivity contribution in [1.29, 1.82) is 5.26 Å². The largest absolute Gasteiger partial charge is 0.461 e. The highest BCUT2D eigenvalue weighted by Crippen LogP contribution is 2.06. The minimum Gasteiger partial charge on any atom is -0.461 e. The van der Waals surface area contributed by atoms with Crippen LogP contribution in [0.2, 0.25) is 0 Å². The quantitative estimate of drug-likeness (QED) is 0.826. The Morgan fingerprint density at radius 1 is 1.37 bits per heavy atom. The molecule has 0 aliphatic rings. The molecular formula is C15H20N2O2. The second kappa shape index (κ2) is 6.91. The summed E-state index contributed by atoms with van der Waals surface area (Å²) >= 11 is 0. The fraction of sp³-hybridized carbons (Fsp3) is 0.467. The first kappa shape index (κ1) is 15.2. The van der Waals surface area contributed by atoms with Crippen molar-refractivity contribution in [2.45, 2.75) is 45.4 Å². The third-order valence-electron chi connectivity index (χ3n) is 2.38. The molecule has 1 rings (SSSR count). The van der Waals surface area contributed by atoms with Crippen LogP contribution in [0, 0.1) is 11.3 Å². The van der Waals surface area contributed by atoms with Crippen LogP contribution in [0.5, 0.6) is 0 Å². The number of nitrogens with one attached hydrogen (secondary N) is 1. The summed E-state index contributed by atoms with van der Waals surface area (Å²) in [6.07, 6.45) is 0.0562. The Kier molecular flexibility index (Phi) is 5.53. The number of hydrogen-bond donors (Lipinski definition) is 1. The Morgan fingerprint density at radius 2 is 2.00 bits per heavy atom. The van der Waals surface area contributed by atoms with Gasteiger partial charge in [-0.1, -0.05) is 30.3 Å². The smallest absolute Gasteiger partial charge is 0.308 e. The van der Waals surface area contributed by atoms with Gasteiger partial charge in [-0.25, -0.2) is 0 Å². The lowest BCUT2D eigenvalue weighted by molar-refractivity contribution is -0.145. The molecule has 19 heavy (non-hydrogen) atoms. The predicted octanol–water partition coefficient (Wildman–Crippen LogP) is 2.40. The summed E-state index contributed by atoms with van der Waals surface area (Å²) in [5.41, 5.74) is 0.730. The molecule has 0 radical (unpaired) electrons. The lowest BCUT2D eigenvalue weighted by atomic mass is 10.1. The molecule has 1 aromatic carbocycles. The summed E-state index contributed by atoms with van der Waals surface area (Å²) in [7, 11) is 0. The zero-order valence-corrected chi connectivity index (χ0v) is 11.6. The standard InChI is InChI=1S/C15H20N2O2/c1-15(2,3)17-13(10-16)9-14(18)19-11-12-7-5-4-6-8-12/h4-8,13,17H,9,11H2,1-3H3.